The van der Waals surface area contributed by atoms with Crippen LogP contribution in [0.5, 0.6) is 0 Å². The van der Waals surface area contributed by atoms with E-state index in [4.69, 9.17) is 5.73 Å². The van der Waals surface area contributed by atoms with Gasteiger partial charge in [-0.15, -0.1) is 0 Å². The summed E-state index contributed by atoms with van der Waals surface area (Å²) in [6.07, 6.45) is 0. The zero-order chi connectivity index (χ0) is 10.2. The quantitative estimate of drug-likeness (QED) is 0.612. The number of halogens is 1. The number of rotatable bonds is 0. The minimum absolute atomic E-state index is 0.0986. The predicted octanol–water partition coefficient (Wildman–Crippen LogP) is 3.01. The maximum atomic E-state index is 13.2. The van der Waals surface area contributed by atoms with Gasteiger partial charge in [-0.2, -0.15) is 0 Å². The number of nitrogens with two attached hydrogens (primary N) is 1. The Balaban J connectivity index is 3.32. The molecule has 2 N–H and O–H groups in total. The lowest BCUT2D eigenvalue weighted by Crippen LogP contribution is -2.14. The van der Waals surface area contributed by atoms with Crippen molar-refractivity contribution in [3.8, 4) is 0 Å². The molecule has 0 bridgehead atoms. The van der Waals surface area contributed by atoms with E-state index in [9.17, 15) is 4.39 Å². The van der Waals surface area contributed by atoms with E-state index in [2.05, 4.69) is 0 Å². The first-order valence-corrected chi connectivity index (χ1v) is 4.38. The maximum absolute atomic E-state index is 13.2. The van der Waals surface area contributed by atoms with Crippen LogP contribution in [0.2, 0.25) is 0 Å². The minimum atomic E-state index is -0.181. The third-order valence-corrected chi connectivity index (χ3v) is 2.14. The van der Waals surface area contributed by atoms with E-state index in [0.29, 0.717) is 11.3 Å². The second-order valence-electron chi connectivity index (χ2n) is 4.44. The molecule has 1 aromatic rings. The molecule has 0 fully saturated rings. The van der Waals surface area contributed by atoms with Gasteiger partial charge in [-0.05, 0) is 35.6 Å². The van der Waals surface area contributed by atoms with Crippen LogP contribution in [-0.4, -0.2) is 0 Å². The number of hydrogen-bond acceptors (Lipinski definition) is 1. The van der Waals surface area contributed by atoms with Crippen molar-refractivity contribution in [1.82, 2.24) is 0 Å². The fourth-order valence-corrected chi connectivity index (χ4v) is 1.35. The van der Waals surface area contributed by atoms with Gasteiger partial charge in [0.1, 0.15) is 5.82 Å². The summed E-state index contributed by atoms with van der Waals surface area (Å²) in [4.78, 5) is 0. The van der Waals surface area contributed by atoms with E-state index in [0.717, 1.165) is 5.56 Å². The fourth-order valence-electron chi connectivity index (χ4n) is 1.35. The van der Waals surface area contributed by atoms with Gasteiger partial charge < -0.3 is 5.73 Å². The Labute approximate surface area is 78.8 Å². The highest BCUT2D eigenvalue weighted by atomic mass is 19.1. The van der Waals surface area contributed by atoms with Crippen molar-refractivity contribution in [3.63, 3.8) is 0 Å². The van der Waals surface area contributed by atoms with Crippen LogP contribution in [0.25, 0.3) is 0 Å². The molecule has 0 amide bonds. The van der Waals surface area contributed by atoms with Crippen LogP contribution in [0.15, 0.2) is 12.1 Å². The Morgan fingerprint density at radius 1 is 1.23 bits per heavy atom. The van der Waals surface area contributed by atoms with Gasteiger partial charge in [0, 0.05) is 5.69 Å². The molecule has 0 heterocycles. The van der Waals surface area contributed by atoms with E-state index in [1.54, 1.807) is 13.0 Å². The Morgan fingerprint density at radius 2 is 1.77 bits per heavy atom. The minimum Gasteiger partial charge on any atom is -0.398 e. The second kappa shape index (κ2) is 3.02. The smallest absolute Gasteiger partial charge is 0.126 e. The second-order valence-corrected chi connectivity index (χ2v) is 4.44. The van der Waals surface area contributed by atoms with Gasteiger partial charge in [0.25, 0.3) is 0 Å². The van der Waals surface area contributed by atoms with Crippen LogP contribution in [0.3, 0.4) is 0 Å². The monoisotopic (exact) mass is 181 g/mol. The summed E-state index contributed by atoms with van der Waals surface area (Å²) in [7, 11) is 0. The molecule has 1 rings (SSSR count). The molecular formula is C11H16FN. The van der Waals surface area contributed by atoms with Gasteiger partial charge in [0.2, 0.25) is 0 Å². The normalized spacial score (nSPS) is 11.8. The van der Waals surface area contributed by atoms with Crippen LogP contribution < -0.4 is 5.73 Å². The van der Waals surface area contributed by atoms with Gasteiger partial charge in [-0.3, -0.25) is 0 Å². The number of benzene rings is 1. The van der Waals surface area contributed by atoms with Crippen LogP contribution in [0.4, 0.5) is 10.1 Å². The van der Waals surface area contributed by atoms with Crippen LogP contribution in [0.1, 0.15) is 31.9 Å². The third kappa shape index (κ3) is 2.00. The van der Waals surface area contributed by atoms with Crippen LogP contribution in [-0.2, 0) is 5.41 Å². The van der Waals surface area contributed by atoms with Gasteiger partial charge in [0.15, 0.2) is 0 Å². The van der Waals surface area contributed by atoms with Crippen molar-refractivity contribution < 1.29 is 4.39 Å². The van der Waals surface area contributed by atoms with E-state index >= 15 is 0 Å². The SMILES string of the molecule is Cc1cc(N)c(C(C)(C)C)cc1F. The van der Waals surface area contributed by atoms with E-state index in [-0.39, 0.29) is 11.2 Å². The molecule has 0 saturated heterocycles. The molecule has 0 radical (unpaired) electrons. The lowest BCUT2D eigenvalue weighted by Gasteiger charge is -2.21. The maximum Gasteiger partial charge on any atom is 0.126 e. The molecule has 13 heavy (non-hydrogen) atoms. The lowest BCUT2D eigenvalue weighted by atomic mass is 9.85. The van der Waals surface area contributed by atoms with Crippen molar-refractivity contribution >= 4 is 5.69 Å². The topological polar surface area (TPSA) is 26.0 Å². The Hall–Kier alpha value is -1.05. The molecule has 1 nitrogen and oxygen atoms in total. The van der Waals surface area contributed by atoms with Crippen LogP contribution in [0, 0.1) is 12.7 Å². The summed E-state index contributed by atoms with van der Waals surface area (Å²) in [6.45, 7) is 7.78. The highest BCUT2D eigenvalue weighted by molar-refractivity contribution is 5.52. The molecule has 0 aliphatic carbocycles. The number of aryl methyl sites for hydroxylation is 1. The van der Waals surface area contributed by atoms with Gasteiger partial charge in [0.05, 0.1) is 0 Å². The number of anilines is 1. The number of hydrogen-bond donors (Lipinski definition) is 1. The fraction of sp³-hybridized carbons (Fsp3) is 0.455. The largest absolute Gasteiger partial charge is 0.398 e. The highest BCUT2D eigenvalue weighted by Gasteiger charge is 2.18. The van der Waals surface area contributed by atoms with Crippen molar-refractivity contribution in [2.24, 2.45) is 0 Å². The van der Waals surface area contributed by atoms with Gasteiger partial charge >= 0.3 is 0 Å². The molecule has 0 aliphatic rings. The molecule has 0 saturated carbocycles. The molecule has 0 aromatic heterocycles. The van der Waals surface area contributed by atoms with E-state index < -0.39 is 0 Å². The molecule has 0 atom stereocenters. The Morgan fingerprint density at radius 3 is 2.23 bits per heavy atom. The molecule has 0 aliphatic heterocycles. The zero-order valence-electron chi connectivity index (χ0n) is 8.61. The first-order valence-electron chi connectivity index (χ1n) is 4.38. The molecule has 72 valence electrons. The standard InChI is InChI=1S/C11H16FN/c1-7-5-10(13)8(6-9(7)12)11(2,3)4/h5-6H,13H2,1-4H3. The van der Waals surface area contributed by atoms with Gasteiger partial charge in [-0.25, -0.2) is 4.39 Å². The van der Waals surface area contributed by atoms with Crippen molar-refractivity contribution in [1.29, 1.82) is 0 Å². The van der Waals surface area contributed by atoms with Gasteiger partial charge in [-0.1, -0.05) is 20.8 Å². The predicted molar refractivity (Wildman–Crippen MR) is 54.2 cm³/mol. The first kappa shape index (κ1) is 10.0. The number of nitrogen functional groups attached to an aromatic ring is 1. The Kier molecular flexibility index (Phi) is 2.33. The summed E-state index contributed by atoms with van der Waals surface area (Å²) in [6, 6.07) is 3.22. The summed E-state index contributed by atoms with van der Waals surface area (Å²) in [5.74, 6) is -0.181. The lowest BCUT2D eigenvalue weighted by molar-refractivity contribution is 0.571. The van der Waals surface area contributed by atoms with Crippen molar-refractivity contribution in [2.75, 3.05) is 5.73 Å². The highest BCUT2D eigenvalue weighted by Crippen LogP contribution is 2.29. The van der Waals surface area contributed by atoms with E-state index in [1.165, 1.54) is 6.07 Å². The molecular weight excluding hydrogens is 165 g/mol. The average molecular weight is 181 g/mol. The van der Waals surface area contributed by atoms with Crippen LogP contribution >= 0.6 is 0 Å². The molecule has 2 heteroatoms. The van der Waals surface area contributed by atoms with Crippen molar-refractivity contribution in [2.45, 2.75) is 33.1 Å². The summed E-state index contributed by atoms with van der Waals surface area (Å²) in [5.41, 5.74) is 7.86. The zero-order valence-corrected chi connectivity index (χ0v) is 8.61. The third-order valence-electron chi connectivity index (χ3n) is 2.14. The molecule has 0 unspecified atom stereocenters. The van der Waals surface area contributed by atoms with Crippen molar-refractivity contribution in [3.05, 3.63) is 29.1 Å². The average Bonchev–Trinajstić information content (AvgIpc) is 1.94. The molecule has 1 aromatic carbocycles. The molecule has 0 spiro atoms. The Bertz CT molecular complexity index is 324. The first-order chi connectivity index (χ1) is 5.82. The van der Waals surface area contributed by atoms with E-state index in [1.807, 2.05) is 20.8 Å². The summed E-state index contributed by atoms with van der Waals surface area (Å²) in [5, 5.41) is 0. The summed E-state index contributed by atoms with van der Waals surface area (Å²) < 4.78 is 13.2. The summed E-state index contributed by atoms with van der Waals surface area (Å²) >= 11 is 0.